The number of aryl methyl sites for hydroxylation is 1. The number of amides is 1. The van der Waals surface area contributed by atoms with Crippen LogP contribution in [0.1, 0.15) is 0 Å². The smallest absolute Gasteiger partial charge is 0.331 e. The molecule has 76 valence electrons. The first-order valence-corrected chi connectivity index (χ1v) is 4.47. The molecule has 0 saturated heterocycles. The lowest BCUT2D eigenvalue weighted by atomic mass is 10.5. The van der Waals surface area contributed by atoms with E-state index in [4.69, 9.17) is 5.73 Å². The SMILES string of the molecule is Cn1cc(Br)c(=O)n(CC(N)=O)c1=O. The Labute approximate surface area is 87.1 Å². The molecule has 0 aromatic carbocycles. The lowest BCUT2D eigenvalue weighted by Crippen LogP contribution is -2.42. The third-order valence-electron chi connectivity index (χ3n) is 1.60. The fourth-order valence-corrected chi connectivity index (χ4v) is 1.50. The molecule has 7 heteroatoms. The standard InChI is InChI=1S/C7H8BrN3O3/c1-10-2-4(8)6(13)11(7(10)14)3-5(9)12/h2H,3H2,1H3,(H2,9,12). The Morgan fingerprint density at radius 1 is 1.57 bits per heavy atom. The lowest BCUT2D eigenvalue weighted by Gasteiger charge is -2.04. The van der Waals surface area contributed by atoms with Crippen LogP contribution in [0.2, 0.25) is 0 Å². The molecule has 0 fully saturated rings. The lowest BCUT2D eigenvalue weighted by molar-refractivity contribution is -0.118. The number of nitrogens with zero attached hydrogens (tertiary/aromatic N) is 2. The first-order chi connectivity index (χ1) is 6.43. The molecule has 0 bridgehead atoms. The van der Waals surface area contributed by atoms with Gasteiger partial charge in [0, 0.05) is 13.2 Å². The number of nitrogens with two attached hydrogens (primary N) is 1. The van der Waals surface area contributed by atoms with Crippen LogP contribution < -0.4 is 17.0 Å². The molecule has 0 radical (unpaired) electrons. The third-order valence-corrected chi connectivity index (χ3v) is 2.15. The van der Waals surface area contributed by atoms with E-state index in [2.05, 4.69) is 15.9 Å². The zero-order valence-electron chi connectivity index (χ0n) is 7.36. The van der Waals surface area contributed by atoms with Gasteiger partial charge in [-0.1, -0.05) is 0 Å². The molecule has 0 saturated carbocycles. The first kappa shape index (κ1) is 10.7. The summed E-state index contributed by atoms with van der Waals surface area (Å²) in [7, 11) is 1.48. The minimum absolute atomic E-state index is 0.209. The van der Waals surface area contributed by atoms with E-state index in [0.29, 0.717) is 0 Å². The fourth-order valence-electron chi connectivity index (χ4n) is 0.982. The highest BCUT2D eigenvalue weighted by Crippen LogP contribution is 1.97. The molecule has 14 heavy (non-hydrogen) atoms. The molecule has 0 aliphatic rings. The highest BCUT2D eigenvalue weighted by molar-refractivity contribution is 9.10. The van der Waals surface area contributed by atoms with Gasteiger partial charge < -0.3 is 10.3 Å². The van der Waals surface area contributed by atoms with Crippen molar-refractivity contribution in [2.24, 2.45) is 12.8 Å². The first-order valence-electron chi connectivity index (χ1n) is 3.67. The van der Waals surface area contributed by atoms with E-state index < -0.39 is 23.7 Å². The van der Waals surface area contributed by atoms with E-state index in [-0.39, 0.29) is 4.47 Å². The Morgan fingerprint density at radius 3 is 2.64 bits per heavy atom. The van der Waals surface area contributed by atoms with Crippen LogP contribution in [0.25, 0.3) is 0 Å². The molecule has 6 nitrogen and oxygen atoms in total. The van der Waals surface area contributed by atoms with Crippen LogP contribution >= 0.6 is 15.9 Å². The van der Waals surface area contributed by atoms with Crippen molar-refractivity contribution in [1.29, 1.82) is 0 Å². The van der Waals surface area contributed by atoms with Gasteiger partial charge in [-0.25, -0.2) is 9.36 Å². The zero-order valence-corrected chi connectivity index (χ0v) is 8.94. The molecule has 0 aliphatic carbocycles. The molecule has 0 aliphatic heterocycles. The summed E-state index contributed by atoms with van der Waals surface area (Å²) in [4.78, 5) is 33.3. The zero-order chi connectivity index (χ0) is 10.9. The van der Waals surface area contributed by atoms with Crippen LogP contribution in [-0.4, -0.2) is 15.0 Å². The fraction of sp³-hybridized carbons (Fsp3) is 0.286. The summed E-state index contributed by atoms with van der Waals surface area (Å²) in [6.07, 6.45) is 1.34. The summed E-state index contributed by atoms with van der Waals surface area (Å²) < 4.78 is 2.17. The molecular weight excluding hydrogens is 254 g/mol. The summed E-state index contributed by atoms with van der Waals surface area (Å²) in [6, 6.07) is 0. The number of hydrogen-bond acceptors (Lipinski definition) is 3. The Balaban J connectivity index is 3.48. The highest BCUT2D eigenvalue weighted by atomic mass is 79.9. The van der Waals surface area contributed by atoms with E-state index >= 15 is 0 Å². The van der Waals surface area contributed by atoms with Crippen LogP contribution in [0.4, 0.5) is 0 Å². The molecule has 0 unspecified atom stereocenters. The molecule has 1 heterocycles. The summed E-state index contributed by atoms with van der Waals surface area (Å²) in [6.45, 7) is -0.412. The predicted octanol–water partition coefficient (Wildman–Crippen LogP) is -1.21. The minimum Gasteiger partial charge on any atom is -0.368 e. The average molecular weight is 262 g/mol. The van der Waals surface area contributed by atoms with Crippen molar-refractivity contribution in [3.63, 3.8) is 0 Å². The van der Waals surface area contributed by atoms with Crippen LogP contribution in [0.5, 0.6) is 0 Å². The molecule has 1 aromatic heterocycles. The summed E-state index contributed by atoms with van der Waals surface area (Å²) in [5, 5.41) is 0. The van der Waals surface area contributed by atoms with Crippen molar-refractivity contribution in [3.8, 4) is 0 Å². The Kier molecular flexibility index (Phi) is 2.90. The number of carbonyl (C=O) groups excluding carboxylic acids is 1. The molecule has 0 atom stereocenters. The van der Waals surface area contributed by atoms with Gasteiger partial charge in [0.05, 0.1) is 4.47 Å². The Morgan fingerprint density at radius 2 is 2.14 bits per heavy atom. The van der Waals surface area contributed by atoms with E-state index in [9.17, 15) is 14.4 Å². The average Bonchev–Trinajstić information content (AvgIpc) is 2.09. The molecule has 2 N–H and O–H groups in total. The van der Waals surface area contributed by atoms with Crippen LogP contribution in [-0.2, 0) is 18.4 Å². The normalized spacial score (nSPS) is 10.1. The maximum atomic E-state index is 11.4. The molecule has 1 aromatic rings. The Bertz CT molecular complexity index is 454. The number of carbonyl (C=O) groups is 1. The van der Waals surface area contributed by atoms with Crippen molar-refractivity contribution < 1.29 is 4.79 Å². The van der Waals surface area contributed by atoms with Crippen LogP contribution in [0.3, 0.4) is 0 Å². The minimum atomic E-state index is -0.734. The van der Waals surface area contributed by atoms with Gasteiger partial charge in [0.1, 0.15) is 6.54 Å². The topological polar surface area (TPSA) is 87.1 Å². The molecular formula is C7H8BrN3O3. The number of halogens is 1. The van der Waals surface area contributed by atoms with E-state index in [1.165, 1.54) is 17.8 Å². The Hall–Kier alpha value is -1.37. The largest absolute Gasteiger partial charge is 0.368 e. The highest BCUT2D eigenvalue weighted by Gasteiger charge is 2.09. The van der Waals surface area contributed by atoms with Crippen molar-refractivity contribution in [2.75, 3.05) is 0 Å². The second kappa shape index (κ2) is 3.79. The number of aromatic nitrogens is 2. The van der Waals surface area contributed by atoms with Gasteiger partial charge in [-0.05, 0) is 15.9 Å². The molecule has 0 spiro atoms. The predicted molar refractivity (Wildman–Crippen MR) is 52.8 cm³/mol. The van der Waals surface area contributed by atoms with Gasteiger partial charge in [-0.3, -0.25) is 9.59 Å². The number of hydrogen-bond donors (Lipinski definition) is 1. The quantitative estimate of drug-likeness (QED) is 0.725. The van der Waals surface area contributed by atoms with Gasteiger partial charge in [0.2, 0.25) is 5.91 Å². The second-order valence-corrected chi connectivity index (χ2v) is 3.58. The van der Waals surface area contributed by atoms with Crippen molar-refractivity contribution >= 4 is 21.8 Å². The number of rotatable bonds is 2. The van der Waals surface area contributed by atoms with Gasteiger partial charge in [-0.15, -0.1) is 0 Å². The molecule has 1 amide bonds. The van der Waals surface area contributed by atoms with E-state index in [1.807, 2.05) is 0 Å². The van der Waals surface area contributed by atoms with Gasteiger partial charge in [0.15, 0.2) is 0 Å². The van der Waals surface area contributed by atoms with Crippen LogP contribution in [0.15, 0.2) is 20.3 Å². The van der Waals surface area contributed by atoms with E-state index in [0.717, 1.165) is 4.57 Å². The van der Waals surface area contributed by atoms with Crippen molar-refractivity contribution in [3.05, 3.63) is 31.5 Å². The van der Waals surface area contributed by atoms with E-state index in [1.54, 1.807) is 0 Å². The van der Waals surface area contributed by atoms with Gasteiger partial charge in [0.25, 0.3) is 5.56 Å². The summed E-state index contributed by atoms with van der Waals surface area (Å²) in [5.74, 6) is -0.734. The van der Waals surface area contributed by atoms with Crippen molar-refractivity contribution in [1.82, 2.24) is 9.13 Å². The maximum absolute atomic E-state index is 11.4. The van der Waals surface area contributed by atoms with Crippen molar-refractivity contribution in [2.45, 2.75) is 6.54 Å². The molecule has 1 rings (SSSR count). The second-order valence-electron chi connectivity index (χ2n) is 2.73. The summed E-state index contributed by atoms with van der Waals surface area (Å²) >= 11 is 2.98. The summed E-state index contributed by atoms with van der Waals surface area (Å²) in [5.41, 5.74) is 3.77. The van der Waals surface area contributed by atoms with Gasteiger partial charge >= 0.3 is 5.69 Å². The monoisotopic (exact) mass is 261 g/mol. The third kappa shape index (κ3) is 1.92. The van der Waals surface area contributed by atoms with Gasteiger partial charge in [-0.2, -0.15) is 0 Å². The number of primary amides is 1. The van der Waals surface area contributed by atoms with Crippen LogP contribution in [0, 0.1) is 0 Å². The maximum Gasteiger partial charge on any atom is 0.331 e.